The standard InChI is InChI=1S/C17H17N3O2S/c1-11-16(20-10-4-3-5-15(20)19-11)17(22)18-9-8-13-6-7-14(23-13)12(2)21/h3-7,10H,8-9H2,1-2H3,(H,18,22). The van der Waals surface area contributed by atoms with Crippen molar-refractivity contribution in [2.24, 2.45) is 0 Å². The van der Waals surface area contributed by atoms with Gasteiger partial charge in [-0.25, -0.2) is 4.98 Å². The van der Waals surface area contributed by atoms with Crippen LogP contribution in [-0.2, 0) is 6.42 Å². The number of pyridine rings is 1. The summed E-state index contributed by atoms with van der Waals surface area (Å²) < 4.78 is 1.80. The van der Waals surface area contributed by atoms with Crippen LogP contribution in [0.25, 0.3) is 5.65 Å². The van der Waals surface area contributed by atoms with Crippen molar-refractivity contribution in [3.05, 3.63) is 57.7 Å². The Morgan fingerprint density at radius 2 is 2.09 bits per heavy atom. The van der Waals surface area contributed by atoms with Crippen molar-refractivity contribution in [2.75, 3.05) is 6.54 Å². The molecule has 0 aliphatic rings. The first kappa shape index (κ1) is 15.4. The maximum atomic E-state index is 12.4. The summed E-state index contributed by atoms with van der Waals surface area (Å²) in [7, 11) is 0. The molecule has 0 aromatic carbocycles. The summed E-state index contributed by atoms with van der Waals surface area (Å²) in [6.45, 7) is 3.92. The third-order valence-electron chi connectivity index (χ3n) is 3.58. The fourth-order valence-corrected chi connectivity index (χ4v) is 3.37. The van der Waals surface area contributed by atoms with Crippen LogP contribution in [0.3, 0.4) is 0 Å². The summed E-state index contributed by atoms with van der Waals surface area (Å²) >= 11 is 1.48. The quantitative estimate of drug-likeness (QED) is 0.733. The Morgan fingerprint density at radius 1 is 1.26 bits per heavy atom. The minimum absolute atomic E-state index is 0.0756. The molecule has 3 rings (SSSR count). The van der Waals surface area contributed by atoms with Crippen LogP contribution in [0.4, 0.5) is 0 Å². The Morgan fingerprint density at radius 3 is 2.83 bits per heavy atom. The molecule has 118 valence electrons. The van der Waals surface area contributed by atoms with Crippen LogP contribution >= 0.6 is 11.3 Å². The topological polar surface area (TPSA) is 63.5 Å². The number of thiophene rings is 1. The van der Waals surface area contributed by atoms with Gasteiger partial charge in [0.05, 0.1) is 10.6 Å². The summed E-state index contributed by atoms with van der Waals surface area (Å²) in [5.41, 5.74) is 2.04. The molecule has 3 heterocycles. The van der Waals surface area contributed by atoms with Gasteiger partial charge in [-0.05, 0) is 44.5 Å². The van der Waals surface area contributed by atoms with Crippen LogP contribution < -0.4 is 5.32 Å². The summed E-state index contributed by atoms with van der Waals surface area (Å²) in [5.74, 6) is -0.0591. The monoisotopic (exact) mass is 327 g/mol. The van der Waals surface area contributed by atoms with Gasteiger partial charge in [-0.1, -0.05) is 6.07 Å². The second-order valence-corrected chi connectivity index (χ2v) is 6.47. The number of imidazole rings is 1. The predicted molar refractivity (Wildman–Crippen MR) is 90.3 cm³/mol. The largest absolute Gasteiger partial charge is 0.350 e. The summed E-state index contributed by atoms with van der Waals surface area (Å²) in [5, 5.41) is 2.93. The van der Waals surface area contributed by atoms with Gasteiger partial charge < -0.3 is 5.32 Å². The molecule has 0 unspecified atom stereocenters. The molecule has 0 atom stereocenters. The lowest BCUT2D eigenvalue weighted by atomic mass is 10.3. The highest BCUT2D eigenvalue weighted by Crippen LogP contribution is 2.17. The molecule has 0 radical (unpaired) electrons. The molecule has 5 nitrogen and oxygen atoms in total. The van der Waals surface area contributed by atoms with Gasteiger partial charge in [-0.2, -0.15) is 0 Å². The van der Waals surface area contributed by atoms with E-state index in [0.717, 1.165) is 15.4 Å². The predicted octanol–water partition coefficient (Wildman–Crippen LogP) is 2.88. The molecule has 3 aromatic heterocycles. The Hall–Kier alpha value is -2.47. The van der Waals surface area contributed by atoms with E-state index < -0.39 is 0 Å². The first-order chi connectivity index (χ1) is 11.1. The van der Waals surface area contributed by atoms with Gasteiger partial charge in [0.25, 0.3) is 5.91 Å². The fourth-order valence-electron chi connectivity index (χ4n) is 2.47. The third-order valence-corrected chi connectivity index (χ3v) is 4.83. The smallest absolute Gasteiger partial charge is 0.270 e. The SMILES string of the molecule is CC(=O)c1ccc(CCNC(=O)c2c(C)nc3ccccn23)s1. The number of rotatable bonds is 5. The zero-order valence-corrected chi connectivity index (χ0v) is 13.8. The lowest BCUT2D eigenvalue weighted by molar-refractivity contribution is 0.0946. The highest BCUT2D eigenvalue weighted by molar-refractivity contribution is 7.14. The molecule has 6 heteroatoms. The molecule has 0 aliphatic heterocycles. The van der Waals surface area contributed by atoms with Crippen LogP contribution in [-0.4, -0.2) is 27.6 Å². The van der Waals surface area contributed by atoms with Crippen LogP contribution in [0.1, 0.15) is 37.7 Å². The van der Waals surface area contributed by atoms with Gasteiger partial charge in [0, 0.05) is 17.6 Å². The number of aromatic nitrogens is 2. The van der Waals surface area contributed by atoms with E-state index >= 15 is 0 Å². The van der Waals surface area contributed by atoms with E-state index in [9.17, 15) is 9.59 Å². The van der Waals surface area contributed by atoms with Crippen molar-refractivity contribution in [3.63, 3.8) is 0 Å². The van der Waals surface area contributed by atoms with Gasteiger partial charge in [0.2, 0.25) is 0 Å². The maximum absolute atomic E-state index is 12.4. The van der Waals surface area contributed by atoms with E-state index in [2.05, 4.69) is 10.3 Å². The molecule has 0 bridgehead atoms. The molecular formula is C17H17N3O2S. The maximum Gasteiger partial charge on any atom is 0.270 e. The van der Waals surface area contributed by atoms with Crippen molar-refractivity contribution in [1.82, 2.24) is 14.7 Å². The zero-order chi connectivity index (χ0) is 16.4. The van der Waals surface area contributed by atoms with E-state index in [1.54, 1.807) is 11.3 Å². The Labute approximate surface area is 138 Å². The number of amides is 1. The number of hydrogen-bond donors (Lipinski definition) is 1. The summed E-state index contributed by atoms with van der Waals surface area (Å²) in [4.78, 5) is 29.9. The number of ketones is 1. The van der Waals surface area contributed by atoms with Gasteiger partial charge >= 0.3 is 0 Å². The second kappa shape index (κ2) is 6.34. The lowest BCUT2D eigenvalue weighted by Crippen LogP contribution is -2.27. The molecule has 0 fully saturated rings. The van der Waals surface area contributed by atoms with Gasteiger partial charge in [-0.15, -0.1) is 11.3 Å². The Balaban J connectivity index is 1.66. The fraction of sp³-hybridized carbons (Fsp3) is 0.235. The van der Waals surface area contributed by atoms with Crippen molar-refractivity contribution >= 4 is 28.7 Å². The minimum atomic E-state index is -0.135. The van der Waals surface area contributed by atoms with Crippen molar-refractivity contribution in [2.45, 2.75) is 20.3 Å². The van der Waals surface area contributed by atoms with Crippen LogP contribution in [0.15, 0.2) is 36.5 Å². The third kappa shape index (κ3) is 3.17. The average Bonchev–Trinajstić information content (AvgIpc) is 3.10. The summed E-state index contributed by atoms with van der Waals surface area (Å²) in [6, 6.07) is 9.41. The number of nitrogens with zero attached hydrogens (tertiary/aromatic N) is 2. The van der Waals surface area contributed by atoms with Crippen molar-refractivity contribution in [3.8, 4) is 0 Å². The highest BCUT2D eigenvalue weighted by atomic mass is 32.1. The number of fused-ring (bicyclic) bond motifs is 1. The normalized spacial score (nSPS) is 10.9. The minimum Gasteiger partial charge on any atom is -0.350 e. The van der Waals surface area contributed by atoms with Crippen LogP contribution in [0, 0.1) is 6.92 Å². The van der Waals surface area contributed by atoms with Crippen LogP contribution in [0.5, 0.6) is 0 Å². The number of hydrogen-bond acceptors (Lipinski definition) is 4. The molecule has 0 saturated carbocycles. The molecular weight excluding hydrogens is 310 g/mol. The highest BCUT2D eigenvalue weighted by Gasteiger charge is 2.15. The zero-order valence-electron chi connectivity index (χ0n) is 13.0. The van der Waals surface area contributed by atoms with E-state index in [1.165, 1.54) is 11.3 Å². The van der Waals surface area contributed by atoms with E-state index in [0.29, 0.717) is 24.4 Å². The number of Topliss-reactive ketones (excluding diaryl/α,β-unsaturated/α-hetero) is 1. The molecule has 0 saturated heterocycles. The van der Waals surface area contributed by atoms with Gasteiger partial charge in [0.15, 0.2) is 5.78 Å². The Bertz CT molecular complexity index is 879. The van der Waals surface area contributed by atoms with Crippen molar-refractivity contribution < 1.29 is 9.59 Å². The number of carbonyl (C=O) groups excluding carboxylic acids is 2. The lowest BCUT2D eigenvalue weighted by Gasteiger charge is -2.05. The molecule has 3 aromatic rings. The van der Waals surface area contributed by atoms with Gasteiger partial charge in [-0.3, -0.25) is 14.0 Å². The second-order valence-electron chi connectivity index (χ2n) is 5.30. The molecule has 0 aliphatic carbocycles. The van der Waals surface area contributed by atoms with Gasteiger partial charge in [0.1, 0.15) is 11.3 Å². The van der Waals surface area contributed by atoms with Crippen LogP contribution in [0.2, 0.25) is 0 Å². The van der Waals surface area contributed by atoms with E-state index in [1.807, 2.05) is 43.5 Å². The number of carbonyl (C=O) groups is 2. The number of nitrogens with one attached hydrogen (secondary N) is 1. The van der Waals surface area contributed by atoms with E-state index in [4.69, 9.17) is 0 Å². The number of aryl methyl sites for hydroxylation is 1. The molecule has 0 spiro atoms. The first-order valence-electron chi connectivity index (χ1n) is 7.38. The van der Waals surface area contributed by atoms with Crippen molar-refractivity contribution in [1.29, 1.82) is 0 Å². The molecule has 23 heavy (non-hydrogen) atoms. The van der Waals surface area contributed by atoms with E-state index in [-0.39, 0.29) is 11.7 Å². The Kier molecular flexibility index (Phi) is 4.25. The first-order valence-corrected chi connectivity index (χ1v) is 8.19. The molecule has 1 amide bonds. The molecule has 1 N–H and O–H groups in total. The average molecular weight is 327 g/mol. The summed E-state index contributed by atoms with van der Waals surface area (Å²) in [6.07, 6.45) is 2.54.